The largest absolute Gasteiger partial charge is 0.465 e. The molecule has 9 nitrogen and oxygen atoms in total. The zero-order chi connectivity index (χ0) is 17.8. The van der Waals surface area contributed by atoms with Crippen LogP contribution in [0.15, 0.2) is 42.6 Å². The van der Waals surface area contributed by atoms with Crippen LogP contribution < -0.4 is 5.32 Å². The van der Waals surface area contributed by atoms with Crippen LogP contribution in [0.25, 0.3) is 11.2 Å². The molecule has 0 aliphatic rings. The lowest BCUT2D eigenvalue weighted by atomic mass is 10.3. The summed E-state index contributed by atoms with van der Waals surface area (Å²) in [6, 6.07) is 9.45. The van der Waals surface area contributed by atoms with Crippen molar-refractivity contribution >= 4 is 34.5 Å². The lowest BCUT2D eigenvalue weighted by Crippen LogP contribution is -2.15. The number of nitrogens with one attached hydrogen (secondary N) is 1. The Morgan fingerprint density at radius 2 is 2.08 bits per heavy atom. The van der Waals surface area contributed by atoms with Crippen molar-refractivity contribution < 1.29 is 14.5 Å². The molecule has 0 radical (unpaired) electrons. The van der Waals surface area contributed by atoms with Crippen molar-refractivity contribution in [1.29, 1.82) is 0 Å². The molecule has 0 atom stereocenters. The van der Waals surface area contributed by atoms with Crippen molar-refractivity contribution in [3.05, 3.63) is 52.7 Å². The zero-order valence-corrected chi connectivity index (χ0v) is 13.4. The summed E-state index contributed by atoms with van der Waals surface area (Å²) in [5.74, 6) is -0.00481. The second-order valence-corrected chi connectivity index (χ2v) is 5.10. The molecule has 25 heavy (non-hydrogen) atoms. The number of non-ortho nitro benzene ring substituents is 1. The first-order valence-electron chi connectivity index (χ1n) is 7.57. The van der Waals surface area contributed by atoms with Crippen LogP contribution >= 0.6 is 0 Å². The van der Waals surface area contributed by atoms with E-state index >= 15 is 0 Å². The number of nitrogens with zero attached hydrogens (tertiary/aromatic N) is 4. The first-order chi connectivity index (χ1) is 12.1. The molecule has 0 bridgehead atoms. The molecule has 0 saturated heterocycles. The fraction of sp³-hybridized carbons (Fsp3) is 0.188. The SMILES string of the molecule is CCOC(=O)Cn1c(Nc2ccc([N+](=O)[O-])cc2)nc2cccnc21. The van der Waals surface area contributed by atoms with Gasteiger partial charge in [0.05, 0.1) is 11.5 Å². The number of benzene rings is 1. The number of ether oxygens (including phenoxy) is 1. The molecule has 0 aliphatic carbocycles. The minimum absolute atomic E-state index is 0.00718. The van der Waals surface area contributed by atoms with Gasteiger partial charge >= 0.3 is 5.97 Å². The van der Waals surface area contributed by atoms with Crippen molar-refractivity contribution in [3.63, 3.8) is 0 Å². The molecule has 3 aromatic rings. The van der Waals surface area contributed by atoms with Crippen molar-refractivity contribution in [2.45, 2.75) is 13.5 Å². The summed E-state index contributed by atoms with van der Waals surface area (Å²) in [5.41, 5.74) is 1.76. The van der Waals surface area contributed by atoms with Gasteiger partial charge in [0.1, 0.15) is 12.1 Å². The predicted octanol–water partition coefficient (Wildman–Crippen LogP) is 2.65. The standard InChI is InChI=1S/C16H15N5O4/c1-2-25-14(22)10-20-15-13(4-3-9-17-15)19-16(20)18-11-5-7-12(8-6-11)21(23)24/h3-9H,2,10H2,1H3,(H,18,19). The third-order valence-electron chi connectivity index (χ3n) is 3.43. The highest BCUT2D eigenvalue weighted by atomic mass is 16.6. The van der Waals surface area contributed by atoms with Gasteiger partial charge in [-0.25, -0.2) is 9.97 Å². The Bertz CT molecular complexity index is 920. The number of hydrogen-bond donors (Lipinski definition) is 1. The predicted molar refractivity (Wildman–Crippen MR) is 90.5 cm³/mol. The molecule has 3 rings (SSSR count). The van der Waals surface area contributed by atoms with E-state index in [1.807, 2.05) is 0 Å². The van der Waals surface area contributed by atoms with Gasteiger partial charge in [-0.1, -0.05) is 0 Å². The van der Waals surface area contributed by atoms with Crippen molar-refractivity contribution in [3.8, 4) is 0 Å². The van der Waals surface area contributed by atoms with Crippen LogP contribution in [0.1, 0.15) is 6.92 Å². The molecular formula is C16H15N5O4. The van der Waals surface area contributed by atoms with Crippen LogP contribution in [0.4, 0.5) is 17.3 Å². The second-order valence-electron chi connectivity index (χ2n) is 5.10. The molecule has 0 saturated carbocycles. The number of carbonyl (C=O) groups is 1. The summed E-state index contributed by atoms with van der Waals surface area (Å²) in [5, 5.41) is 13.8. The Hall–Kier alpha value is -3.49. The molecule has 2 heterocycles. The quantitative estimate of drug-likeness (QED) is 0.416. The van der Waals surface area contributed by atoms with Gasteiger partial charge in [0.2, 0.25) is 5.95 Å². The van der Waals surface area contributed by atoms with E-state index in [0.29, 0.717) is 22.8 Å². The summed E-state index contributed by atoms with van der Waals surface area (Å²) in [6.07, 6.45) is 1.61. The highest BCUT2D eigenvalue weighted by Crippen LogP contribution is 2.23. The third kappa shape index (κ3) is 3.55. The highest BCUT2D eigenvalue weighted by molar-refractivity contribution is 5.79. The lowest BCUT2D eigenvalue weighted by Gasteiger charge is -2.09. The highest BCUT2D eigenvalue weighted by Gasteiger charge is 2.15. The van der Waals surface area contributed by atoms with E-state index in [1.165, 1.54) is 12.1 Å². The van der Waals surface area contributed by atoms with Crippen molar-refractivity contribution in [2.24, 2.45) is 0 Å². The number of rotatable bonds is 6. The Kier molecular flexibility index (Phi) is 4.55. The summed E-state index contributed by atoms with van der Waals surface area (Å²) in [4.78, 5) is 30.8. The fourth-order valence-electron chi connectivity index (χ4n) is 2.33. The Morgan fingerprint density at radius 1 is 1.32 bits per heavy atom. The van der Waals surface area contributed by atoms with Gasteiger partial charge in [0.15, 0.2) is 5.65 Å². The van der Waals surface area contributed by atoms with Gasteiger partial charge in [-0.05, 0) is 31.2 Å². The Balaban J connectivity index is 1.94. The number of hydrogen-bond acceptors (Lipinski definition) is 7. The molecule has 0 aliphatic heterocycles. The second kappa shape index (κ2) is 6.95. The zero-order valence-electron chi connectivity index (χ0n) is 13.4. The molecular weight excluding hydrogens is 326 g/mol. The van der Waals surface area contributed by atoms with Crippen LogP contribution in [0.2, 0.25) is 0 Å². The first kappa shape index (κ1) is 16.4. The van der Waals surface area contributed by atoms with E-state index in [4.69, 9.17) is 4.74 Å². The molecule has 1 N–H and O–H groups in total. The molecule has 1 aromatic carbocycles. The molecule has 0 fully saturated rings. The van der Waals surface area contributed by atoms with Crippen molar-refractivity contribution in [1.82, 2.24) is 14.5 Å². The van der Waals surface area contributed by atoms with Gasteiger partial charge in [-0.15, -0.1) is 0 Å². The Morgan fingerprint density at radius 3 is 2.76 bits per heavy atom. The van der Waals surface area contributed by atoms with Gasteiger partial charge in [-0.2, -0.15) is 0 Å². The third-order valence-corrected chi connectivity index (χ3v) is 3.43. The normalized spacial score (nSPS) is 10.6. The average Bonchev–Trinajstić information content (AvgIpc) is 2.93. The maximum Gasteiger partial charge on any atom is 0.326 e. The summed E-state index contributed by atoms with van der Waals surface area (Å²) < 4.78 is 6.60. The minimum Gasteiger partial charge on any atom is -0.465 e. The minimum atomic E-state index is -0.469. The molecule has 0 amide bonds. The van der Waals surface area contributed by atoms with E-state index in [0.717, 1.165) is 0 Å². The number of nitro groups is 1. The summed E-state index contributed by atoms with van der Waals surface area (Å²) >= 11 is 0. The summed E-state index contributed by atoms with van der Waals surface area (Å²) in [6.45, 7) is 1.97. The number of pyridine rings is 1. The summed E-state index contributed by atoms with van der Waals surface area (Å²) in [7, 11) is 0. The molecule has 0 spiro atoms. The van der Waals surface area contributed by atoms with E-state index < -0.39 is 10.9 Å². The molecule has 0 unspecified atom stereocenters. The molecule has 9 heteroatoms. The topological polar surface area (TPSA) is 112 Å². The number of fused-ring (bicyclic) bond motifs is 1. The number of nitro benzene ring substituents is 1. The number of anilines is 2. The Labute approximate surface area is 142 Å². The number of carbonyl (C=O) groups excluding carboxylic acids is 1. The van der Waals surface area contributed by atoms with Crippen LogP contribution in [-0.2, 0) is 16.1 Å². The van der Waals surface area contributed by atoms with Gasteiger partial charge in [-0.3, -0.25) is 19.5 Å². The van der Waals surface area contributed by atoms with Gasteiger partial charge in [0, 0.05) is 24.0 Å². The maximum atomic E-state index is 11.9. The first-order valence-corrected chi connectivity index (χ1v) is 7.57. The number of esters is 1. The lowest BCUT2D eigenvalue weighted by molar-refractivity contribution is -0.384. The number of imidazole rings is 1. The van der Waals surface area contributed by atoms with Crippen LogP contribution in [-0.4, -0.2) is 32.0 Å². The van der Waals surface area contributed by atoms with Gasteiger partial charge < -0.3 is 10.1 Å². The maximum absolute atomic E-state index is 11.9. The van der Waals surface area contributed by atoms with E-state index in [9.17, 15) is 14.9 Å². The molecule has 128 valence electrons. The van der Waals surface area contributed by atoms with E-state index in [-0.39, 0.29) is 18.8 Å². The number of aromatic nitrogens is 3. The molecule has 2 aromatic heterocycles. The van der Waals surface area contributed by atoms with E-state index in [1.54, 1.807) is 42.0 Å². The van der Waals surface area contributed by atoms with Crippen LogP contribution in [0.3, 0.4) is 0 Å². The van der Waals surface area contributed by atoms with Crippen molar-refractivity contribution in [2.75, 3.05) is 11.9 Å². The van der Waals surface area contributed by atoms with Gasteiger partial charge in [0.25, 0.3) is 5.69 Å². The monoisotopic (exact) mass is 341 g/mol. The van der Waals surface area contributed by atoms with Crippen LogP contribution in [0, 0.1) is 10.1 Å². The van der Waals surface area contributed by atoms with Crippen LogP contribution in [0.5, 0.6) is 0 Å². The average molecular weight is 341 g/mol. The van der Waals surface area contributed by atoms with E-state index in [2.05, 4.69) is 15.3 Å². The fourth-order valence-corrected chi connectivity index (χ4v) is 2.33. The smallest absolute Gasteiger partial charge is 0.326 e.